The Hall–Kier alpha value is -2.17. The zero-order valence-corrected chi connectivity index (χ0v) is 13.7. The van der Waals surface area contributed by atoms with Crippen molar-refractivity contribution in [3.63, 3.8) is 0 Å². The van der Waals surface area contributed by atoms with Gasteiger partial charge in [0.1, 0.15) is 11.6 Å². The molecule has 0 bridgehead atoms. The van der Waals surface area contributed by atoms with Crippen LogP contribution in [-0.2, 0) is 4.79 Å². The van der Waals surface area contributed by atoms with Gasteiger partial charge in [0.15, 0.2) is 0 Å². The third-order valence-corrected chi connectivity index (χ3v) is 5.29. The summed E-state index contributed by atoms with van der Waals surface area (Å²) in [6.45, 7) is 0.815. The summed E-state index contributed by atoms with van der Waals surface area (Å²) >= 11 is 0. The van der Waals surface area contributed by atoms with Crippen molar-refractivity contribution in [1.82, 2.24) is 14.9 Å². The number of carbonyl (C=O) groups is 1. The molecule has 2 aliphatic rings. The third kappa shape index (κ3) is 2.83. The van der Waals surface area contributed by atoms with E-state index in [-0.39, 0.29) is 23.7 Å². The molecule has 1 aliphatic carbocycles. The van der Waals surface area contributed by atoms with E-state index < -0.39 is 0 Å². The van der Waals surface area contributed by atoms with Gasteiger partial charge < -0.3 is 9.88 Å². The highest BCUT2D eigenvalue weighted by Gasteiger charge is 2.36. The highest BCUT2D eigenvalue weighted by Crippen LogP contribution is 2.36. The van der Waals surface area contributed by atoms with E-state index in [1.165, 1.54) is 18.6 Å². The monoisotopic (exact) mass is 327 g/mol. The predicted molar refractivity (Wildman–Crippen MR) is 89.6 cm³/mol. The van der Waals surface area contributed by atoms with Gasteiger partial charge in [0.2, 0.25) is 5.91 Å². The van der Waals surface area contributed by atoms with E-state index in [9.17, 15) is 9.18 Å². The minimum absolute atomic E-state index is 0.0224. The Morgan fingerprint density at radius 3 is 2.83 bits per heavy atom. The number of imidazole rings is 1. The van der Waals surface area contributed by atoms with E-state index in [0.717, 1.165) is 55.7 Å². The van der Waals surface area contributed by atoms with Crippen molar-refractivity contribution in [2.75, 3.05) is 6.54 Å². The van der Waals surface area contributed by atoms with Gasteiger partial charge in [0.25, 0.3) is 0 Å². The Morgan fingerprint density at radius 2 is 2.08 bits per heavy atom. The minimum atomic E-state index is -0.261. The molecule has 1 aromatic heterocycles. The topological polar surface area (TPSA) is 49.0 Å². The molecule has 5 heteroatoms. The summed E-state index contributed by atoms with van der Waals surface area (Å²) in [4.78, 5) is 22.6. The fraction of sp³-hybridized carbons (Fsp3) is 0.474. The Balaban J connectivity index is 1.58. The third-order valence-electron chi connectivity index (χ3n) is 5.29. The first-order valence-electron chi connectivity index (χ1n) is 8.84. The summed E-state index contributed by atoms with van der Waals surface area (Å²) in [5.41, 5.74) is 1.58. The van der Waals surface area contributed by atoms with Crippen molar-refractivity contribution in [3.05, 3.63) is 42.1 Å². The largest absolute Gasteiger partial charge is 0.340 e. The van der Waals surface area contributed by atoms with Crippen molar-refractivity contribution in [3.8, 4) is 11.3 Å². The molecule has 0 radical (unpaired) electrons. The zero-order chi connectivity index (χ0) is 16.5. The number of H-pyrrole nitrogens is 1. The number of nitrogens with zero attached hydrogens (tertiary/aromatic N) is 2. The molecule has 1 saturated carbocycles. The lowest BCUT2D eigenvalue weighted by Gasteiger charge is -2.39. The fourth-order valence-electron chi connectivity index (χ4n) is 3.68. The Labute approximate surface area is 141 Å². The van der Waals surface area contributed by atoms with Crippen molar-refractivity contribution < 1.29 is 9.18 Å². The van der Waals surface area contributed by atoms with Crippen LogP contribution in [-0.4, -0.2) is 27.3 Å². The van der Waals surface area contributed by atoms with E-state index in [1.807, 2.05) is 11.0 Å². The Kier molecular flexibility index (Phi) is 4.08. The van der Waals surface area contributed by atoms with Crippen LogP contribution in [0.3, 0.4) is 0 Å². The number of aromatic amines is 1. The van der Waals surface area contributed by atoms with Crippen LogP contribution in [0.25, 0.3) is 11.3 Å². The summed E-state index contributed by atoms with van der Waals surface area (Å²) in [6.07, 6.45) is 8.06. The zero-order valence-electron chi connectivity index (χ0n) is 13.7. The van der Waals surface area contributed by atoms with Crippen LogP contribution in [0.2, 0.25) is 0 Å². The summed E-state index contributed by atoms with van der Waals surface area (Å²) < 4.78 is 13.4. The number of piperidine rings is 1. The molecule has 1 atom stereocenters. The first kappa shape index (κ1) is 15.4. The van der Waals surface area contributed by atoms with Gasteiger partial charge in [-0.15, -0.1) is 0 Å². The number of nitrogens with one attached hydrogen (secondary N) is 1. The van der Waals surface area contributed by atoms with E-state index in [0.29, 0.717) is 0 Å². The van der Waals surface area contributed by atoms with Gasteiger partial charge in [-0.3, -0.25) is 4.79 Å². The number of aromatic nitrogens is 2. The van der Waals surface area contributed by atoms with Gasteiger partial charge >= 0.3 is 0 Å². The van der Waals surface area contributed by atoms with Gasteiger partial charge in [-0.1, -0.05) is 18.6 Å². The van der Waals surface area contributed by atoms with Crippen molar-refractivity contribution >= 4 is 5.91 Å². The van der Waals surface area contributed by atoms with Crippen LogP contribution in [0.4, 0.5) is 4.39 Å². The second kappa shape index (κ2) is 6.38. The van der Waals surface area contributed by atoms with Crippen LogP contribution < -0.4 is 0 Å². The molecule has 0 unspecified atom stereocenters. The van der Waals surface area contributed by atoms with Gasteiger partial charge in [0, 0.05) is 18.0 Å². The van der Waals surface area contributed by atoms with Crippen LogP contribution >= 0.6 is 0 Å². The number of halogens is 1. The molecule has 24 heavy (non-hydrogen) atoms. The van der Waals surface area contributed by atoms with Crippen LogP contribution in [0.5, 0.6) is 0 Å². The molecule has 0 spiro atoms. The summed E-state index contributed by atoms with van der Waals surface area (Å²) in [5, 5.41) is 0. The summed E-state index contributed by atoms with van der Waals surface area (Å²) in [5.74, 6) is 1.06. The summed E-state index contributed by atoms with van der Waals surface area (Å²) in [6, 6.07) is 6.50. The predicted octanol–water partition coefficient (Wildman–Crippen LogP) is 4.07. The smallest absolute Gasteiger partial charge is 0.226 e. The van der Waals surface area contributed by atoms with Crippen LogP contribution in [0.1, 0.15) is 50.4 Å². The van der Waals surface area contributed by atoms with Crippen molar-refractivity contribution in [1.29, 1.82) is 0 Å². The number of amides is 1. The molecule has 126 valence electrons. The molecule has 2 fully saturated rings. The molecule has 1 aliphatic heterocycles. The number of hydrogen-bond acceptors (Lipinski definition) is 2. The molecule has 1 saturated heterocycles. The lowest BCUT2D eigenvalue weighted by molar-refractivity contribution is -0.142. The van der Waals surface area contributed by atoms with Crippen molar-refractivity contribution in [2.45, 2.75) is 44.6 Å². The molecule has 4 rings (SSSR count). The number of hydrogen-bond donors (Lipinski definition) is 1. The highest BCUT2D eigenvalue weighted by molar-refractivity contribution is 5.80. The number of carbonyl (C=O) groups excluding carboxylic acids is 1. The van der Waals surface area contributed by atoms with Crippen molar-refractivity contribution in [2.24, 2.45) is 5.92 Å². The second-order valence-corrected chi connectivity index (χ2v) is 6.86. The number of rotatable bonds is 3. The Morgan fingerprint density at radius 1 is 1.21 bits per heavy atom. The van der Waals surface area contributed by atoms with E-state index in [2.05, 4.69) is 9.97 Å². The SMILES string of the molecule is O=C(C1CCC1)N1CCCC[C@@H]1c1ncc(-c2cccc(F)c2)[nH]1. The van der Waals surface area contributed by atoms with Crippen LogP contribution in [0.15, 0.2) is 30.5 Å². The summed E-state index contributed by atoms with van der Waals surface area (Å²) in [7, 11) is 0. The van der Waals surface area contributed by atoms with Gasteiger partial charge in [-0.25, -0.2) is 9.37 Å². The normalized spacial score (nSPS) is 21.5. The maximum absolute atomic E-state index is 13.4. The quantitative estimate of drug-likeness (QED) is 0.924. The molecule has 4 nitrogen and oxygen atoms in total. The standard InChI is InChI=1S/C19H22FN3O/c20-15-8-4-7-14(11-15)16-12-21-18(22-16)17-9-1-2-10-23(17)19(24)13-5-3-6-13/h4,7-8,11-13,17H,1-3,5-6,9-10H2,(H,21,22)/t17-/m1/s1. The fourth-order valence-corrected chi connectivity index (χ4v) is 3.68. The van der Waals surface area contributed by atoms with E-state index >= 15 is 0 Å². The number of likely N-dealkylation sites (tertiary alicyclic amines) is 1. The molecular formula is C19H22FN3O. The number of benzene rings is 1. The first-order valence-corrected chi connectivity index (χ1v) is 8.84. The lowest BCUT2D eigenvalue weighted by atomic mass is 9.83. The molecule has 2 heterocycles. The maximum Gasteiger partial charge on any atom is 0.226 e. The average molecular weight is 327 g/mol. The van der Waals surface area contributed by atoms with Crippen LogP contribution in [0, 0.1) is 11.7 Å². The molecule has 1 N–H and O–H groups in total. The molecule has 1 aromatic carbocycles. The maximum atomic E-state index is 13.4. The Bertz CT molecular complexity index is 738. The molecule has 1 amide bonds. The van der Waals surface area contributed by atoms with E-state index in [4.69, 9.17) is 0 Å². The molecular weight excluding hydrogens is 305 g/mol. The average Bonchev–Trinajstić information content (AvgIpc) is 3.03. The highest BCUT2D eigenvalue weighted by atomic mass is 19.1. The molecule has 2 aromatic rings. The van der Waals surface area contributed by atoms with E-state index in [1.54, 1.807) is 12.3 Å². The van der Waals surface area contributed by atoms with Gasteiger partial charge in [0.05, 0.1) is 17.9 Å². The first-order chi connectivity index (χ1) is 11.7. The van der Waals surface area contributed by atoms with Gasteiger partial charge in [-0.05, 0) is 44.2 Å². The minimum Gasteiger partial charge on any atom is -0.340 e. The lowest BCUT2D eigenvalue weighted by Crippen LogP contribution is -2.44. The second-order valence-electron chi connectivity index (χ2n) is 6.86. The van der Waals surface area contributed by atoms with Gasteiger partial charge in [-0.2, -0.15) is 0 Å².